The first kappa shape index (κ1) is 16.8. The molecule has 136 valence electrons. The largest absolute Gasteiger partial charge is 0.381 e. The first-order valence-electron chi connectivity index (χ1n) is 8.97. The minimum atomic E-state index is -0.0935. The molecule has 0 radical (unpaired) electrons. The van der Waals surface area contributed by atoms with E-state index >= 15 is 0 Å². The lowest BCUT2D eigenvalue weighted by Crippen LogP contribution is -2.38. The van der Waals surface area contributed by atoms with E-state index in [4.69, 9.17) is 4.74 Å². The van der Waals surface area contributed by atoms with Gasteiger partial charge >= 0.3 is 0 Å². The number of carbonyl (C=O) groups is 1. The Balaban J connectivity index is 1.50. The number of aryl methyl sites for hydroxylation is 1. The summed E-state index contributed by atoms with van der Waals surface area (Å²) >= 11 is 0. The second-order valence-corrected chi connectivity index (χ2v) is 6.86. The second-order valence-electron chi connectivity index (χ2n) is 6.86. The number of ether oxygens (including phenoxy) is 1. The van der Waals surface area contributed by atoms with Crippen molar-refractivity contribution in [1.82, 2.24) is 25.1 Å². The Kier molecular flexibility index (Phi) is 4.71. The minimum absolute atomic E-state index is 0.00679. The van der Waals surface area contributed by atoms with Gasteiger partial charge in [-0.25, -0.2) is 4.98 Å². The number of carbonyl (C=O) groups excluding carboxylic acids is 1. The number of imidazole rings is 1. The zero-order valence-electron chi connectivity index (χ0n) is 14.8. The molecule has 26 heavy (non-hydrogen) atoms. The molecule has 1 aliphatic rings. The fraction of sp³-hybridized carbons (Fsp3) is 0.421. The van der Waals surface area contributed by atoms with E-state index in [9.17, 15) is 4.79 Å². The highest BCUT2D eigenvalue weighted by atomic mass is 16.5. The van der Waals surface area contributed by atoms with Gasteiger partial charge in [-0.2, -0.15) is 5.10 Å². The molecule has 1 atom stereocenters. The number of amides is 1. The molecule has 7 heteroatoms. The summed E-state index contributed by atoms with van der Waals surface area (Å²) in [5.74, 6) is 1.24. The molecular formula is C19H23N5O2. The summed E-state index contributed by atoms with van der Waals surface area (Å²) < 4.78 is 7.47. The Bertz CT molecular complexity index is 894. The molecule has 0 saturated carbocycles. The molecule has 4 rings (SSSR count). The number of nitrogens with zero attached hydrogens (tertiary/aromatic N) is 3. The molecule has 1 aliphatic heterocycles. The van der Waals surface area contributed by atoms with Crippen molar-refractivity contribution in [2.45, 2.75) is 25.3 Å². The number of fused-ring (bicyclic) bond motifs is 1. The quantitative estimate of drug-likeness (QED) is 0.736. The van der Waals surface area contributed by atoms with E-state index in [0.29, 0.717) is 12.3 Å². The van der Waals surface area contributed by atoms with Crippen molar-refractivity contribution >= 4 is 16.8 Å². The molecule has 1 saturated heterocycles. The summed E-state index contributed by atoms with van der Waals surface area (Å²) in [6.45, 7) is 1.47. The van der Waals surface area contributed by atoms with Crippen LogP contribution < -0.4 is 5.32 Å². The maximum atomic E-state index is 12.7. The monoisotopic (exact) mass is 353 g/mol. The highest BCUT2D eigenvalue weighted by Crippen LogP contribution is 2.29. The molecule has 0 unspecified atom stereocenters. The topological polar surface area (TPSA) is 84.8 Å². The number of aromatic amines is 1. The fourth-order valence-corrected chi connectivity index (χ4v) is 3.63. The smallest absolute Gasteiger partial charge is 0.225 e. The van der Waals surface area contributed by atoms with Crippen molar-refractivity contribution in [3.8, 4) is 0 Å². The van der Waals surface area contributed by atoms with Gasteiger partial charge in [-0.05, 0) is 36.5 Å². The summed E-state index contributed by atoms with van der Waals surface area (Å²) in [4.78, 5) is 17.2. The third-order valence-electron chi connectivity index (χ3n) is 5.06. The van der Waals surface area contributed by atoms with Crippen LogP contribution in [0.2, 0.25) is 0 Å². The molecular weight excluding hydrogens is 330 g/mol. The first-order valence-corrected chi connectivity index (χ1v) is 8.97. The standard InChI is InChI=1S/C19H23N5O2/c1-24-7-6-20-19(24)18(14-4-8-26-9-5-14)22-17(25)11-13-2-3-16-15(10-13)12-21-23-16/h2-3,6-7,10,12,14,18H,4-5,8-9,11H2,1H3,(H,21,23)(H,22,25)/t18-/m1/s1. The van der Waals surface area contributed by atoms with Crippen molar-refractivity contribution in [3.05, 3.63) is 48.2 Å². The van der Waals surface area contributed by atoms with Gasteiger partial charge in [-0.15, -0.1) is 0 Å². The Morgan fingerprint density at radius 3 is 3.04 bits per heavy atom. The van der Waals surface area contributed by atoms with Crippen molar-refractivity contribution < 1.29 is 9.53 Å². The van der Waals surface area contributed by atoms with Crippen LogP contribution in [0.4, 0.5) is 0 Å². The predicted octanol–water partition coefficient (Wildman–Crippen LogP) is 2.12. The lowest BCUT2D eigenvalue weighted by atomic mass is 9.90. The SMILES string of the molecule is Cn1ccnc1[C@H](NC(=O)Cc1ccc2[nH]ncc2c1)C1CCOCC1. The average molecular weight is 353 g/mol. The number of rotatable bonds is 5. The Morgan fingerprint density at radius 1 is 1.42 bits per heavy atom. The van der Waals surface area contributed by atoms with E-state index < -0.39 is 0 Å². The van der Waals surface area contributed by atoms with Gasteiger partial charge in [0.25, 0.3) is 0 Å². The van der Waals surface area contributed by atoms with E-state index in [0.717, 1.165) is 48.3 Å². The molecule has 1 aromatic carbocycles. The molecule has 7 nitrogen and oxygen atoms in total. The molecule has 0 aliphatic carbocycles. The van der Waals surface area contributed by atoms with E-state index in [2.05, 4.69) is 20.5 Å². The van der Waals surface area contributed by atoms with Crippen LogP contribution in [0, 0.1) is 5.92 Å². The van der Waals surface area contributed by atoms with Crippen molar-refractivity contribution in [2.75, 3.05) is 13.2 Å². The van der Waals surface area contributed by atoms with Gasteiger partial charge < -0.3 is 14.6 Å². The number of hydrogen-bond donors (Lipinski definition) is 2. The van der Waals surface area contributed by atoms with Crippen LogP contribution >= 0.6 is 0 Å². The van der Waals surface area contributed by atoms with Gasteiger partial charge in [0.2, 0.25) is 5.91 Å². The van der Waals surface area contributed by atoms with Gasteiger partial charge in [-0.1, -0.05) is 6.07 Å². The summed E-state index contributed by atoms with van der Waals surface area (Å²) in [5.41, 5.74) is 1.95. The summed E-state index contributed by atoms with van der Waals surface area (Å²) in [5, 5.41) is 11.2. The summed E-state index contributed by atoms with van der Waals surface area (Å²) in [7, 11) is 1.97. The molecule has 3 heterocycles. The zero-order chi connectivity index (χ0) is 17.9. The molecule has 1 amide bonds. The summed E-state index contributed by atoms with van der Waals surface area (Å²) in [6, 6.07) is 5.83. The van der Waals surface area contributed by atoms with E-state index in [-0.39, 0.29) is 11.9 Å². The average Bonchev–Trinajstić information content (AvgIpc) is 3.29. The summed E-state index contributed by atoms with van der Waals surface area (Å²) in [6.07, 6.45) is 7.67. The lowest BCUT2D eigenvalue weighted by Gasteiger charge is -2.30. The maximum Gasteiger partial charge on any atom is 0.225 e. The predicted molar refractivity (Wildman–Crippen MR) is 97.4 cm³/mol. The zero-order valence-corrected chi connectivity index (χ0v) is 14.8. The lowest BCUT2D eigenvalue weighted by molar-refractivity contribution is -0.122. The molecule has 0 spiro atoms. The normalized spacial score (nSPS) is 16.7. The van der Waals surface area contributed by atoms with Crippen LogP contribution in [-0.4, -0.2) is 38.9 Å². The molecule has 2 aromatic heterocycles. The van der Waals surface area contributed by atoms with Crippen LogP contribution in [0.25, 0.3) is 10.9 Å². The van der Waals surface area contributed by atoms with Crippen LogP contribution in [-0.2, 0) is 23.0 Å². The second kappa shape index (κ2) is 7.29. The van der Waals surface area contributed by atoms with Gasteiger partial charge in [0.1, 0.15) is 5.82 Å². The van der Waals surface area contributed by atoms with E-state index in [1.807, 2.05) is 36.0 Å². The van der Waals surface area contributed by atoms with Gasteiger partial charge in [-0.3, -0.25) is 9.89 Å². The van der Waals surface area contributed by atoms with Crippen LogP contribution in [0.1, 0.15) is 30.3 Å². The van der Waals surface area contributed by atoms with Crippen molar-refractivity contribution in [2.24, 2.45) is 13.0 Å². The maximum absolute atomic E-state index is 12.7. The number of benzene rings is 1. The van der Waals surface area contributed by atoms with Crippen LogP contribution in [0.15, 0.2) is 36.8 Å². The number of aromatic nitrogens is 4. The fourth-order valence-electron chi connectivity index (χ4n) is 3.63. The van der Waals surface area contributed by atoms with Crippen LogP contribution in [0.5, 0.6) is 0 Å². The number of H-pyrrole nitrogens is 1. The number of hydrogen-bond acceptors (Lipinski definition) is 4. The highest BCUT2D eigenvalue weighted by molar-refractivity contribution is 5.83. The molecule has 2 N–H and O–H groups in total. The van der Waals surface area contributed by atoms with Crippen molar-refractivity contribution in [1.29, 1.82) is 0 Å². The molecule has 3 aromatic rings. The Labute approximate surface area is 151 Å². The number of nitrogens with one attached hydrogen (secondary N) is 2. The third kappa shape index (κ3) is 3.48. The Morgan fingerprint density at radius 2 is 2.27 bits per heavy atom. The third-order valence-corrected chi connectivity index (χ3v) is 5.06. The Hall–Kier alpha value is -2.67. The minimum Gasteiger partial charge on any atom is -0.381 e. The highest BCUT2D eigenvalue weighted by Gasteiger charge is 2.29. The van der Waals surface area contributed by atoms with E-state index in [1.165, 1.54) is 0 Å². The molecule has 1 fully saturated rings. The van der Waals surface area contributed by atoms with Crippen molar-refractivity contribution in [3.63, 3.8) is 0 Å². The van der Waals surface area contributed by atoms with Gasteiger partial charge in [0.15, 0.2) is 0 Å². The molecule has 0 bridgehead atoms. The first-order chi connectivity index (χ1) is 12.7. The van der Waals surface area contributed by atoms with Gasteiger partial charge in [0.05, 0.1) is 24.2 Å². The van der Waals surface area contributed by atoms with Crippen LogP contribution in [0.3, 0.4) is 0 Å². The van der Waals surface area contributed by atoms with Gasteiger partial charge in [0, 0.05) is 38.0 Å². The van der Waals surface area contributed by atoms with E-state index in [1.54, 1.807) is 12.4 Å².